The first-order valence-electron chi connectivity index (χ1n) is 8.58. The van der Waals surface area contributed by atoms with Crippen molar-refractivity contribution in [3.8, 4) is 11.5 Å². The third kappa shape index (κ3) is 3.50. The summed E-state index contributed by atoms with van der Waals surface area (Å²) in [6.45, 7) is 1.54. The van der Waals surface area contributed by atoms with Crippen molar-refractivity contribution in [3.63, 3.8) is 0 Å². The van der Waals surface area contributed by atoms with E-state index in [9.17, 15) is 14.7 Å². The third-order valence-electron chi connectivity index (χ3n) is 5.29. The smallest absolute Gasteiger partial charge is 0.317 e. The van der Waals surface area contributed by atoms with Crippen LogP contribution in [0.25, 0.3) is 0 Å². The molecule has 2 N–H and O–H groups in total. The first-order chi connectivity index (χ1) is 12.0. The molecule has 1 aliphatic carbocycles. The molecule has 7 heteroatoms. The fraction of sp³-hybridized carbons (Fsp3) is 0.556. The number of carboxylic acid groups (broad SMARTS) is 1. The molecule has 1 saturated carbocycles. The highest BCUT2D eigenvalue weighted by Gasteiger charge is 2.55. The van der Waals surface area contributed by atoms with Gasteiger partial charge in [-0.2, -0.15) is 0 Å². The SMILES string of the molecule is COc1ccc(OCCNC(=O)N2C[C@@H]3CCC[C@@]3(C(=O)O)C2)cc1. The van der Waals surface area contributed by atoms with Crippen molar-refractivity contribution in [2.75, 3.05) is 33.4 Å². The maximum Gasteiger partial charge on any atom is 0.317 e. The molecule has 1 heterocycles. The van der Waals surface area contributed by atoms with Gasteiger partial charge in [0.25, 0.3) is 0 Å². The van der Waals surface area contributed by atoms with Crippen LogP contribution in [0.4, 0.5) is 4.79 Å². The lowest BCUT2D eigenvalue weighted by Crippen LogP contribution is -2.42. The Kier molecular flexibility index (Phi) is 5.01. The van der Waals surface area contributed by atoms with Gasteiger partial charge in [0.1, 0.15) is 18.1 Å². The minimum Gasteiger partial charge on any atom is -0.497 e. The standard InChI is InChI=1S/C18H24N2O5/c1-24-14-4-6-15(7-5-14)25-10-9-19-17(23)20-11-13-3-2-8-18(13,12-20)16(21)22/h4-7,13H,2-3,8-12H2,1H3,(H,19,23)(H,21,22)/t13-,18+/m0/s1. The molecule has 0 radical (unpaired) electrons. The average molecular weight is 348 g/mol. The second-order valence-electron chi connectivity index (χ2n) is 6.69. The van der Waals surface area contributed by atoms with E-state index in [0.717, 1.165) is 18.6 Å². The minimum atomic E-state index is -0.770. The zero-order valence-corrected chi connectivity index (χ0v) is 14.4. The first-order valence-corrected chi connectivity index (χ1v) is 8.58. The quantitative estimate of drug-likeness (QED) is 0.768. The Morgan fingerprint density at radius 3 is 2.68 bits per heavy atom. The van der Waals surface area contributed by atoms with Crippen LogP contribution in [0.2, 0.25) is 0 Å². The molecule has 0 bridgehead atoms. The largest absolute Gasteiger partial charge is 0.497 e. The van der Waals surface area contributed by atoms with Gasteiger partial charge in [-0.1, -0.05) is 6.42 Å². The molecule has 25 heavy (non-hydrogen) atoms. The molecule has 1 aromatic rings. The van der Waals surface area contributed by atoms with Crippen molar-refractivity contribution < 1.29 is 24.2 Å². The highest BCUT2D eigenvalue weighted by molar-refractivity contribution is 5.80. The normalized spacial score (nSPS) is 24.7. The number of methoxy groups -OCH3 is 1. The lowest BCUT2D eigenvalue weighted by atomic mass is 9.81. The van der Waals surface area contributed by atoms with E-state index in [0.29, 0.717) is 38.4 Å². The molecule has 1 aliphatic heterocycles. The molecule has 2 fully saturated rings. The van der Waals surface area contributed by atoms with Crippen molar-refractivity contribution in [3.05, 3.63) is 24.3 Å². The molecule has 136 valence electrons. The molecule has 2 atom stereocenters. The second kappa shape index (κ2) is 7.21. The lowest BCUT2D eigenvalue weighted by molar-refractivity contribution is -0.149. The number of hydrogen-bond donors (Lipinski definition) is 2. The van der Waals surface area contributed by atoms with Gasteiger partial charge in [-0.15, -0.1) is 0 Å². The molecule has 2 aliphatic rings. The summed E-state index contributed by atoms with van der Waals surface area (Å²) in [6.07, 6.45) is 2.48. The Labute approximate surface area is 146 Å². The minimum absolute atomic E-state index is 0.0753. The molecule has 3 rings (SSSR count). The van der Waals surface area contributed by atoms with Gasteiger partial charge < -0.3 is 24.8 Å². The van der Waals surface area contributed by atoms with Crippen LogP contribution in [-0.2, 0) is 4.79 Å². The Bertz CT molecular complexity index is 633. The number of ether oxygens (including phenoxy) is 2. The predicted octanol–water partition coefficient (Wildman–Crippen LogP) is 1.97. The molecule has 0 spiro atoms. The Balaban J connectivity index is 1.43. The van der Waals surface area contributed by atoms with Crippen LogP contribution in [0.1, 0.15) is 19.3 Å². The molecule has 1 aromatic carbocycles. The van der Waals surface area contributed by atoms with Gasteiger partial charge in [-0.3, -0.25) is 4.79 Å². The second-order valence-corrected chi connectivity index (χ2v) is 6.69. The van der Waals surface area contributed by atoms with Crippen LogP contribution < -0.4 is 14.8 Å². The predicted molar refractivity (Wildman–Crippen MR) is 90.9 cm³/mol. The van der Waals surface area contributed by atoms with E-state index in [1.165, 1.54) is 0 Å². The zero-order chi connectivity index (χ0) is 17.9. The fourth-order valence-electron chi connectivity index (χ4n) is 3.90. The van der Waals surface area contributed by atoms with Crippen molar-refractivity contribution in [2.45, 2.75) is 19.3 Å². The fourth-order valence-corrected chi connectivity index (χ4v) is 3.90. The summed E-state index contributed by atoms with van der Waals surface area (Å²) in [6, 6.07) is 7.01. The Morgan fingerprint density at radius 2 is 2.04 bits per heavy atom. The van der Waals surface area contributed by atoms with E-state index in [2.05, 4.69) is 5.32 Å². The Morgan fingerprint density at radius 1 is 1.32 bits per heavy atom. The van der Waals surface area contributed by atoms with Gasteiger partial charge in [0.05, 0.1) is 19.1 Å². The number of rotatable bonds is 6. The van der Waals surface area contributed by atoms with Gasteiger partial charge in [0.15, 0.2) is 0 Å². The molecular weight excluding hydrogens is 324 g/mol. The maximum absolute atomic E-state index is 12.3. The first kappa shape index (κ1) is 17.4. The van der Waals surface area contributed by atoms with Crippen LogP contribution in [-0.4, -0.2) is 55.4 Å². The van der Waals surface area contributed by atoms with Crippen LogP contribution in [0, 0.1) is 11.3 Å². The van der Waals surface area contributed by atoms with Crippen molar-refractivity contribution in [1.29, 1.82) is 0 Å². The number of amides is 2. The molecule has 0 aromatic heterocycles. The van der Waals surface area contributed by atoms with E-state index < -0.39 is 11.4 Å². The average Bonchev–Trinajstić information content (AvgIpc) is 3.17. The molecule has 2 amide bonds. The van der Waals surface area contributed by atoms with Crippen LogP contribution in [0.3, 0.4) is 0 Å². The molecule has 1 saturated heterocycles. The summed E-state index contributed by atoms with van der Waals surface area (Å²) >= 11 is 0. The highest BCUT2D eigenvalue weighted by atomic mass is 16.5. The van der Waals surface area contributed by atoms with Crippen molar-refractivity contribution in [2.24, 2.45) is 11.3 Å². The summed E-state index contributed by atoms with van der Waals surface area (Å²) in [5.74, 6) is 0.766. The van der Waals surface area contributed by atoms with Gasteiger partial charge in [0, 0.05) is 13.1 Å². The van der Waals surface area contributed by atoms with Gasteiger partial charge in [-0.05, 0) is 43.0 Å². The van der Waals surface area contributed by atoms with Crippen LogP contribution in [0.15, 0.2) is 24.3 Å². The topological polar surface area (TPSA) is 88.1 Å². The van der Waals surface area contributed by atoms with Crippen molar-refractivity contribution in [1.82, 2.24) is 10.2 Å². The number of aliphatic carboxylic acids is 1. The lowest BCUT2D eigenvalue weighted by Gasteiger charge is -2.23. The van der Waals surface area contributed by atoms with Crippen LogP contribution in [0.5, 0.6) is 11.5 Å². The number of fused-ring (bicyclic) bond motifs is 1. The number of hydrogen-bond acceptors (Lipinski definition) is 4. The van der Waals surface area contributed by atoms with Gasteiger partial charge in [-0.25, -0.2) is 4.79 Å². The number of carbonyl (C=O) groups is 2. The summed E-state index contributed by atoms with van der Waals surface area (Å²) in [4.78, 5) is 25.6. The number of benzene rings is 1. The molecular formula is C18H24N2O5. The zero-order valence-electron chi connectivity index (χ0n) is 14.4. The van der Waals surface area contributed by atoms with Crippen molar-refractivity contribution >= 4 is 12.0 Å². The summed E-state index contributed by atoms with van der Waals surface area (Å²) in [5.41, 5.74) is -0.739. The summed E-state index contributed by atoms with van der Waals surface area (Å²) < 4.78 is 10.6. The highest BCUT2D eigenvalue weighted by Crippen LogP contribution is 2.48. The number of urea groups is 1. The molecule has 0 unspecified atom stereocenters. The maximum atomic E-state index is 12.3. The monoisotopic (exact) mass is 348 g/mol. The van der Waals surface area contributed by atoms with E-state index in [1.54, 1.807) is 24.1 Å². The number of likely N-dealkylation sites (tertiary alicyclic amines) is 1. The van der Waals surface area contributed by atoms with E-state index in [-0.39, 0.29) is 11.9 Å². The number of carbonyl (C=O) groups excluding carboxylic acids is 1. The summed E-state index contributed by atoms with van der Waals surface area (Å²) in [5, 5.41) is 12.4. The van der Waals surface area contributed by atoms with Crippen LogP contribution >= 0.6 is 0 Å². The Hall–Kier alpha value is -2.44. The third-order valence-corrected chi connectivity index (χ3v) is 5.29. The number of carboxylic acids is 1. The van der Waals surface area contributed by atoms with E-state index in [4.69, 9.17) is 9.47 Å². The molecule has 7 nitrogen and oxygen atoms in total. The van der Waals surface area contributed by atoms with E-state index in [1.807, 2.05) is 12.1 Å². The van der Waals surface area contributed by atoms with Gasteiger partial charge >= 0.3 is 12.0 Å². The van der Waals surface area contributed by atoms with E-state index >= 15 is 0 Å². The number of nitrogens with zero attached hydrogens (tertiary/aromatic N) is 1. The van der Waals surface area contributed by atoms with Gasteiger partial charge in [0.2, 0.25) is 0 Å². The number of nitrogens with one attached hydrogen (secondary N) is 1. The summed E-state index contributed by atoms with van der Waals surface area (Å²) in [7, 11) is 1.60.